The summed E-state index contributed by atoms with van der Waals surface area (Å²) in [6, 6.07) is 7.43. The van der Waals surface area contributed by atoms with E-state index in [1.54, 1.807) is 0 Å². The zero-order chi connectivity index (χ0) is 14.1. The van der Waals surface area contributed by atoms with Crippen molar-refractivity contribution in [2.75, 3.05) is 31.7 Å². The molecule has 0 aromatic heterocycles. The molecule has 0 fully saturated rings. The average Bonchev–Trinajstić information content (AvgIpc) is 2.34. The molecule has 0 spiro atoms. The van der Waals surface area contributed by atoms with Crippen LogP contribution >= 0.6 is 0 Å². The van der Waals surface area contributed by atoms with Crippen molar-refractivity contribution in [2.45, 2.75) is 19.5 Å². The minimum atomic E-state index is -4.25. The molecule has 108 valence electrons. The lowest BCUT2D eigenvalue weighted by Crippen LogP contribution is -2.18. The predicted octanol–water partition coefficient (Wildman–Crippen LogP) is 3.47. The van der Waals surface area contributed by atoms with Gasteiger partial charge in [-0.1, -0.05) is 12.1 Å². The summed E-state index contributed by atoms with van der Waals surface area (Å²) >= 11 is 0. The van der Waals surface area contributed by atoms with Crippen LogP contribution in [0.25, 0.3) is 0 Å². The van der Waals surface area contributed by atoms with Crippen LogP contribution in [0.3, 0.4) is 0 Å². The number of anilines is 1. The molecule has 6 heteroatoms. The van der Waals surface area contributed by atoms with Crippen molar-refractivity contribution in [3.63, 3.8) is 0 Å². The maximum absolute atomic E-state index is 11.8. The molecule has 0 saturated carbocycles. The lowest BCUT2D eigenvalue weighted by Gasteiger charge is -2.12. The monoisotopic (exact) mass is 277 g/mol. The summed E-state index contributed by atoms with van der Waals surface area (Å²) in [6.45, 7) is 1.86. The van der Waals surface area contributed by atoms with Crippen LogP contribution in [0.15, 0.2) is 24.3 Å². The highest BCUT2D eigenvalue weighted by molar-refractivity contribution is 5.56. The summed E-state index contributed by atoms with van der Waals surface area (Å²) in [4.78, 5) is 0. The van der Waals surface area contributed by atoms with Crippen molar-refractivity contribution in [1.29, 1.82) is 0 Å². The highest BCUT2D eigenvalue weighted by atomic mass is 19.4. The Hall–Kier alpha value is -1.43. The minimum Gasteiger partial charge on any atom is -0.492 e. The van der Waals surface area contributed by atoms with E-state index in [4.69, 9.17) is 4.74 Å². The van der Waals surface area contributed by atoms with Crippen LogP contribution in [0.4, 0.5) is 18.9 Å². The smallest absolute Gasteiger partial charge is 0.411 e. The Morgan fingerprint density at radius 3 is 2.63 bits per heavy atom. The summed E-state index contributed by atoms with van der Waals surface area (Å²) in [7, 11) is 0. The lowest BCUT2D eigenvalue weighted by atomic mass is 10.3. The van der Waals surface area contributed by atoms with Crippen LogP contribution in [-0.2, 0) is 4.74 Å². The fraction of sp³-hybridized carbons (Fsp3) is 0.538. The van der Waals surface area contributed by atoms with Gasteiger partial charge < -0.3 is 14.8 Å². The number of rotatable bonds is 8. The Morgan fingerprint density at radius 2 is 1.95 bits per heavy atom. The van der Waals surface area contributed by atoms with Crippen molar-refractivity contribution in [1.82, 2.24) is 0 Å². The number of alkyl halides is 3. The van der Waals surface area contributed by atoms with Gasteiger partial charge in [0.1, 0.15) is 12.4 Å². The van der Waals surface area contributed by atoms with Crippen LogP contribution in [0.1, 0.15) is 13.3 Å². The minimum absolute atomic E-state index is 0.0727. The first-order valence-corrected chi connectivity index (χ1v) is 6.13. The van der Waals surface area contributed by atoms with Crippen LogP contribution < -0.4 is 10.1 Å². The zero-order valence-corrected chi connectivity index (χ0v) is 10.8. The van der Waals surface area contributed by atoms with E-state index >= 15 is 0 Å². The molecular weight excluding hydrogens is 259 g/mol. The molecule has 0 radical (unpaired) electrons. The molecule has 19 heavy (non-hydrogen) atoms. The molecule has 1 rings (SSSR count). The molecule has 0 atom stereocenters. The van der Waals surface area contributed by atoms with E-state index in [-0.39, 0.29) is 6.61 Å². The van der Waals surface area contributed by atoms with E-state index in [0.717, 1.165) is 11.4 Å². The average molecular weight is 277 g/mol. The SMILES string of the molecule is CCOc1ccccc1NCCCOCC(F)(F)F. The number of hydrogen-bond acceptors (Lipinski definition) is 3. The molecule has 1 aromatic rings. The maximum atomic E-state index is 11.8. The second-order valence-corrected chi connectivity index (χ2v) is 3.88. The van der Waals surface area contributed by atoms with Crippen molar-refractivity contribution in [3.8, 4) is 5.75 Å². The van der Waals surface area contributed by atoms with E-state index in [1.165, 1.54) is 0 Å². The Morgan fingerprint density at radius 1 is 1.21 bits per heavy atom. The van der Waals surface area contributed by atoms with Gasteiger partial charge in [0.25, 0.3) is 0 Å². The largest absolute Gasteiger partial charge is 0.492 e. The van der Waals surface area contributed by atoms with Crippen LogP contribution in [0.5, 0.6) is 5.75 Å². The van der Waals surface area contributed by atoms with E-state index in [9.17, 15) is 13.2 Å². The summed E-state index contributed by atoms with van der Waals surface area (Å²) < 4.78 is 45.4. The first-order chi connectivity index (χ1) is 9.03. The van der Waals surface area contributed by atoms with Crippen molar-refractivity contribution < 1.29 is 22.6 Å². The molecule has 1 N–H and O–H groups in total. The summed E-state index contributed by atoms with van der Waals surface area (Å²) in [5.74, 6) is 0.737. The van der Waals surface area contributed by atoms with E-state index < -0.39 is 12.8 Å². The van der Waals surface area contributed by atoms with Gasteiger partial charge in [0.2, 0.25) is 0 Å². The quantitative estimate of drug-likeness (QED) is 0.738. The topological polar surface area (TPSA) is 30.5 Å². The number of nitrogens with one attached hydrogen (secondary N) is 1. The normalized spacial score (nSPS) is 11.4. The second-order valence-electron chi connectivity index (χ2n) is 3.88. The van der Waals surface area contributed by atoms with Crippen LogP contribution in [-0.4, -0.2) is 32.5 Å². The molecule has 0 aliphatic carbocycles. The van der Waals surface area contributed by atoms with Gasteiger partial charge in [0, 0.05) is 13.2 Å². The second kappa shape index (κ2) is 7.89. The third kappa shape index (κ3) is 6.91. The molecule has 0 saturated heterocycles. The van der Waals surface area contributed by atoms with Gasteiger partial charge in [-0.05, 0) is 25.5 Å². The van der Waals surface area contributed by atoms with E-state index in [0.29, 0.717) is 19.6 Å². The summed E-state index contributed by atoms with van der Waals surface area (Å²) in [6.07, 6.45) is -3.76. The Kier molecular flexibility index (Phi) is 6.49. The van der Waals surface area contributed by atoms with Gasteiger partial charge in [-0.2, -0.15) is 13.2 Å². The lowest BCUT2D eigenvalue weighted by molar-refractivity contribution is -0.173. The van der Waals surface area contributed by atoms with Gasteiger partial charge in [-0.25, -0.2) is 0 Å². The molecule has 0 aliphatic heterocycles. The zero-order valence-electron chi connectivity index (χ0n) is 10.8. The van der Waals surface area contributed by atoms with Crippen molar-refractivity contribution in [3.05, 3.63) is 24.3 Å². The number of benzene rings is 1. The highest BCUT2D eigenvalue weighted by Gasteiger charge is 2.27. The third-order valence-electron chi connectivity index (χ3n) is 2.23. The Bertz CT molecular complexity index is 369. The number of halogens is 3. The highest BCUT2D eigenvalue weighted by Crippen LogP contribution is 2.23. The standard InChI is InChI=1S/C13H18F3NO2/c1-2-19-12-7-4-3-6-11(12)17-8-5-9-18-10-13(14,15)16/h3-4,6-7,17H,2,5,8-10H2,1H3. The Balaban J connectivity index is 2.22. The molecular formula is C13H18F3NO2. The fourth-order valence-corrected chi connectivity index (χ4v) is 1.48. The molecule has 0 amide bonds. The van der Waals surface area contributed by atoms with Gasteiger partial charge in [0.15, 0.2) is 0 Å². The number of hydrogen-bond donors (Lipinski definition) is 1. The van der Waals surface area contributed by atoms with Gasteiger partial charge in [-0.3, -0.25) is 0 Å². The molecule has 1 aromatic carbocycles. The summed E-state index contributed by atoms with van der Waals surface area (Å²) in [5.41, 5.74) is 0.833. The van der Waals surface area contributed by atoms with Crippen molar-refractivity contribution in [2.24, 2.45) is 0 Å². The predicted molar refractivity (Wildman–Crippen MR) is 67.6 cm³/mol. The first kappa shape index (κ1) is 15.6. The summed E-state index contributed by atoms with van der Waals surface area (Å²) in [5, 5.41) is 3.11. The van der Waals surface area contributed by atoms with Gasteiger partial charge in [-0.15, -0.1) is 0 Å². The maximum Gasteiger partial charge on any atom is 0.411 e. The number of para-hydroxylation sites is 2. The van der Waals surface area contributed by atoms with Crippen LogP contribution in [0, 0.1) is 0 Å². The molecule has 3 nitrogen and oxygen atoms in total. The van der Waals surface area contributed by atoms with E-state index in [2.05, 4.69) is 10.1 Å². The van der Waals surface area contributed by atoms with Gasteiger partial charge >= 0.3 is 6.18 Å². The molecule has 0 heterocycles. The van der Waals surface area contributed by atoms with Gasteiger partial charge in [0.05, 0.1) is 12.3 Å². The van der Waals surface area contributed by atoms with E-state index in [1.807, 2.05) is 31.2 Å². The Labute approximate surface area is 110 Å². The molecule has 0 unspecified atom stereocenters. The third-order valence-corrected chi connectivity index (χ3v) is 2.23. The van der Waals surface area contributed by atoms with Crippen molar-refractivity contribution >= 4 is 5.69 Å². The van der Waals surface area contributed by atoms with Crippen LogP contribution in [0.2, 0.25) is 0 Å². The molecule has 0 bridgehead atoms. The fourth-order valence-electron chi connectivity index (χ4n) is 1.48. The first-order valence-electron chi connectivity index (χ1n) is 6.13. The molecule has 0 aliphatic rings. The number of ether oxygens (including phenoxy) is 2.